The Morgan fingerprint density at radius 3 is 2.94 bits per heavy atom. The molecule has 1 aromatic heterocycles. The number of anilines is 1. The van der Waals surface area contributed by atoms with Crippen molar-refractivity contribution in [3.05, 3.63) is 12.4 Å². The van der Waals surface area contributed by atoms with Crippen LogP contribution < -0.4 is 4.90 Å². The summed E-state index contributed by atoms with van der Waals surface area (Å²) in [6.07, 6.45) is 2.82. The monoisotopic (exact) mass is 271 g/mol. The van der Waals surface area contributed by atoms with E-state index in [0.717, 1.165) is 0 Å². The van der Waals surface area contributed by atoms with Gasteiger partial charge in [-0.1, -0.05) is 0 Å². The molecule has 0 bridgehead atoms. The van der Waals surface area contributed by atoms with E-state index < -0.39 is 22.9 Å². The first-order valence-electron chi connectivity index (χ1n) is 5.61. The zero-order valence-corrected chi connectivity index (χ0v) is 10.8. The molecule has 1 saturated heterocycles. The van der Waals surface area contributed by atoms with E-state index in [1.807, 2.05) is 0 Å². The average Bonchev–Trinajstić information content (AvgIpc) is 2.38. The minimum Gasteiger partial charge on any atom is -0.354 e. The highest BCUT2D eigenvalue weighted by atomic mass is 32.2. The zero-order chi connectivity index (χ0) is 13.1. The van der Waals surface area contributed by atoms with E-state index in [1.165, 1.54) is 12.6 Å². The van der Waals surface area contributed by atoms with E-state index in [1.54, 1.807) is 11.0 Å². The largest absolute Gasteiger partial charge is 0.354 e. The molecule has 0 saturated carbocycles. The van der Waals surface area contributed by atoms with Crippen molar-refractivity contribution in [2.75, 3.05) is 24.2 Å². The van der Waals surface area contributed by atoms with Crippen molar-refractivity contribution in [2.45, 2.75) is 17.6 Å². The molecule has 0 spiro atoms. The molecule has 0 radical (unpaired) electrons. The van der Waals surface area contributed by atoms with Gasteiger partial charge in [0, 0.05) is 24.8 Å². The molecule has 18 heavy (non-hydrogen) atoms. The van der Waals surface area contributed by atoms with Gasteiger partial charge in [-0.3, -0.25) is 4.21 Å². The molecule has 98 valence electrons. The lowest BCUT2D eigenvalue weighted by Gasteiger charge is -2.33. The fraction of sp³-hybridized carbons (Fsp3) is 0.545. The number of aldehydes is 1. The number of halogens is 1. The molecule has 1 aliphatic heterocycles. The molecular weight excluding hydrogens is 257 g/mol. The fourth-order valence-corrected chi connectivity index (χ4v) is 2.41. The number of nitrogens with zero attached hydrogens (tertiary/aromatic N) is 3. The van der Waals surface area contributed by atoms with Crippen molar-refractivity contribution in [3.8, 4) is 0 Å². The summed E-state index contributed by atoms with van der Waals surface area (Å²) in [6.45, 7) is 0.701. The van der Waals surface area contributed by atoms with Gasteiger partial charge in [0.1, 0.15) is 29.6 Å². The maximum absolute atomic E-state index is 13.7. The van der Waals surface area contributed by atoms with Crippen LogP contribution in [-0.2, 0) is 15.6 Å². The maximum atomic E-state index is 13.7. The van der Waals surface area contributed by atoms with Crippen LogP contribution in [0.1, 0.15) is 6.42 Å². The Bertz CT molecular complexity index is 471. The molecule has 0 aromatic carbocycles. The SMILES string of the molecule is C[S@@](=O)c1cc(N2CC[C@H](C=O)[C@H](F)C2)ncn1. The van der Waals surface area contributed by atoms with E-state index in [2.05, 4.69) is 9.97 Å². The van der Waals surface area contributed by atoms with Gasteiger partial charge in [-0.25, -0.2) is 14.4 Å². The van der Waals surface area contributed by atoms with E-state index in [-0.39, 0.29) is 6.54 Å². The van der Waals surface area contributed by atoms with Gasteiger partial charge in [0.25, 0.3) is 0 Å². The quantitative estimate of drug-likeness (QED) is 0.594. The summed E-state index contributed by atoms with van der Waals surface area (Å²) in [4.78, 5) is 20.3. The minimum atomic E-state index is -1.19. The molecule has 1 fully saturated rings. The van der Waals surface area contributed by atoms with E-state index in [9.17, 15) is 13.4 Å². The number of carbonyl (C=O) groups excluding carboxylic acids is 1. The van der Waals surface area contributed by atoms with Crippen LogP contribution in [0, 0.1) is 5.92 Å². The topological polar surface area (TPSA) is 63.2 Å². The predicted octanol–water partition coefficient (Wildman–Crippen LogP) is 0.577. The van der Waals surface area contributed by atoms with Gasteiger partial charge in [0.15, 0.2) is 0 Å². The molecule has 0 unspecified atom stereocenters. The highest BCUT2D eigenvalue weighted by Crippen LogP contribution is 2.23. The number of hydrogen-bond donors (Lipinski definition) is 0. The van der Waals surface area contributed by atoms with E-state index >= 15 is 0 Å². The van der Waals surface area contributed by atoms with Crippen molar-refractivity contribution >= 4 is 22.9 Å². The van der Waals surface area contributed by atoms with Gasteiger partial charge in [-0.15, -0.1) is 0 Å². The molecule has 5 nitrogen and oxygen atoms in total. The average molecular weight is 271 g/mol. The standard InChI is InChI=1S/C11H14FN3O2S/c1-18(17)11-4-10(13-7-14-11)15-3-2-8(6-16)9(12)5-15/h4,6-9H,2-3,5H2,1H3/t8-,9-,18-/m1/s1. The highest BCUT2D eigenvalue weighted by Gasteiger charge is 2.29. The molecule has 0 amide bonds. The summed E-state index contributed by atoms with van der Waals surface area (Å²) < 4.78 is 25.0. The number of aromatic nitrogens is 2. The Hall–Kier alpha value is -1.37. The summed E-state index contributed by atoms with van der Waals surface area (Å²) >= 11 is 0. The number of piperidine rings is 1. The lowest BCUT2D eigenvalue weighted by Crippen LogP contribution is -2.42. The van der Waals surface area contributed by atoms with Crippen molar-refractivity contribution in [1.29, 1.82) is 0 Å². The normalized spacial score (nSPS) is 25.8. The minimum absolute atomic E-state index is 0.135. The predicted molar refractivity (Wildman–Crippen MR) is 65.6 cm³/mol. The van der Waals surface area contributed by atoms with Gasteiger partial charge in [-0.05, 0) is 6.42 Å². The van der Waals surface area contributed by atoms with Gasteiger partial charge in [0.05, 0.1) is 17.3 Å². The zero-order valence-electron chi connectivity index (χ0n) is 9.95. The third kappa shape index (κ3) is 2.72. The summed E-state index contributed by atoms with van der Waals surface area (Å²) in [7, 11) is -1.19. The smallest absolute Gasteiger partial charge is 0.133 e. The molecule has 0 N–H and O–H groups in total. The van der Waals surface area contributed by atoms with Crippen LogP contribution >= 0.6 is 0 Å². The molecule has 1 aromatic rings. The molecule has 1 aliphatic rings. The number of hydrogen-bond acceptors (Lipinski definition) is 5. The van der Waals surface area contributed by atoms with Crippen LogP contribution in [0.2, 0.25) is 0 Å². The molecule has 3 atom stereocenters. The van der Waals surface area contributed by atoms with Crippen LogP contribution in [0.15, 0.2) is 17.4 Å². The van der Waals surface area contributed by atoms with Gasteiger partial charge >= 0.3 is 0 Å². The first-order chi connectivity index (χ1) is 8.61. The lowest BCUT2D eigenvalue weighted by molar-refractivity contribution is -0.113. The maximum Gasteiger partial charge on any atom is 0.133 e. The number of rotatable bonds is 3. The van der Waals surface area contributed by atoms with Crippen LogP contribution in [0.3, 0.4) is 0 Å². The third-order valence-electron chi connectivity index (χ3n) is 3.01. The van der Waals surface area contributed by atoms with Crippen molar-refractivity contribution in [2.24, 2.45) is 5.92 Å². The van der Waals surface area contributed by atoms with Crippen LogP contribution in [-0.4, -0.2) is 46.0 Å². The molecular formula is C11H14FN3O2S. The second kappa shape index (κ2) is 5.51. The molecule has 0 aliphatic carbocycles. The highest BCUT2D eigenvalue weighted by molar-refractivity contribution is 7.84. The molecule has 7 heteroatoms. The third-order valence-corrected chi connectivity index (χ3v) is 3.82. The first kappa shape index (κ1) is 13.1. The second-order valence-corrected chi connectivity index (χ2v) is 5.55. The summed E-state index contributed by atoms with van der Waals surface area (Å²) in [5.41, 5.74) is 0. The fourth-order valence-electron chi connectivity index (χ4n) is 1.94. The summed E-state index contributed by atoms with van der Waals surface area (Å²) in [6, 6.07) is 1.60. The Balaban J connectivity index is 2.15. The van der Waals surface area contributed by atoms with Crippen LogP contribution in [0.25, 0.3) is 0 Å². The first-order valence-corrected chi connectivity index (χ1v) is 7.17. The van der Waals surface area contributed by atoms with Crippen LogP contribution in [0.4, 0.5) is 10.2 Å². The second-order valence-electron chi connectivity index (χ2n) is 4.22. The molecule has 2 heterocycles. The Kier molecular flexibility index (Phi) is 4.00. The Morgan fingerprint density at radius 2 is 2.33 bits per heavy atom. The summed E-state index contributed by atoms with van der Waals surface area (Å²) in [5.74, 6) is 0.0325. The van der Waals surface area contributed by atoms with Gasteiger partial charge in [0.2, 0.25) is 0 Å². The Labute approximate surface area is 107 Å². The van der Waals surface area contributed by atoms with Crippen molar-refractivity contribution < 1.29 is 13.4 Å². The molecule has 2 rings (SSSR count). The van der Waals surface area contributed by atoms with E-state index in [4.69, 9.17) is 0 Å². The van der Waals surface area contributed by atoms with Gasteiger partial charge in [-0.2, -0.15) is 0 Å². The Morgan fingerprint density at radius 1 is 1.56 bits per heavy atom. The van der Waals surface area contributed by atoms with Gasteiger partial charge < -0.3 is 9.69 Å². The van der Waals surface area contributed by atoms with Crippen molar-refractivity contribution in [1.82, 2.24) is 9.97 Å². The number of carbonyl (C=O) groups is 1. The van der Waals surface area contributed by atoms with Crippen molar-refractivity contribution in [3.63, 3.8) is 0 Å². The lowest BCUT2D eigenvalue weighted by atomic mass is 9.97. The summed E-state index contributed by atoms with van der Waals surface area (Å²) in [5, 5.41) is 0.424. The van der Waals surface area contributed by atoms with Crippen LogP contribution in [0.5, 0.6) is 0 Å². The van der Waals surface area contributed by atoms with E-state index in [0.29, 0.717) is 30.1 Å². The number of alkyl halides is 1.